The van der Waals surface area contributed by atoms with Gasteiger partial charge in [-0.1, -0.05) is 23.7 Å². The van der Waals surface area contributed by atoms with Gasteiger partial charge in [0.1, 0.15) is 5.56 Å². The van der Waals surface area contributed by atoms with Crippen LogP contribution in [0.25, 0.3) is 0 Å². The lowest BCUT2D eigenvalue weighted by Gasteiger charge is -2.12. The predicted molar refractivity (Wildman–Crippen MR) is 99.8 cm³/mol. The van der Waals surface area contributed by atoms with Crippen LogP contribution in [0.3, 0.4) is 0 Å². The van der Waals surface area contributed by atoms with Gasteiger partial charge in [0.2, 0.25) is 0 Å². The van der Waals surface area contributed by atoms with E-state index in [1.165, 1.54) is 24.3 Å². The second kappa shape index (κ2) is 7.97. The summed E-state index contributed by atoms with van der Waals surface area (Å²) in [5.74, 6) is -0.989. The summed E-state index contributed by atoms with van der Waals surface area (Å²) in [5, 5.41) is 16.8. The molecule has 0 aliphatic heterocycles. The van der Waals surface area contributed by atoms with Crippen molar-refractivity contribution in [1.82, 2.24) is 5.32 Å². The van der Waals surface area contributed by atoms with E-state index in [1.807, 2.05) is 13.8 Å². The first-order valence-electron chi connectivity index (χ1n) is 7.86. The summed E-state index contributed by atoms with van der Waals surface area (Å²) in [6.07, 6.45) is 0. The lowest BCUT2D eigenvalue weighted by molar-refractivity contribution is -0.385. The molecule has 0 saturated carbocycles. The van der Waals surface area contributed by atoms with Crippen LogP contribution in [-0.2, 0) is 0 Å². The van der Waals surface area contributed by atoms with E-state index in [1.54, 1.807) is 19.1 Å². The summed E-state index contributed by atoms with van der Waals surface area (Å²) in [6.45, 7) is 5.21. The number of hydrogen-bond donors (Lipinski definition) is 2. The van der Waals surface area contributed by atoms with Crippen molar-refractivity contribution in [3.8, 4) is 0 Å². The smallest absolute Gasteiger partial charge is 0.285 e. The van der Waals surface area contributed by atoms with E-state index in [2.05, 4.69) is 10.6 Å². The Morgan fingerprint density at radius 3 is 2.46 bits per heavy atom. The van der Waals surface area contributed by atoms with Crippen molar-refractivity contribution in [2.45, 2.75) is 26.8 Å². The molecular formula is C18H18ClN3O4. The van der Waals surface area contributed by atoms with Crippen LogP contribution in [-0.4, -0.2) is 22.8 Å². The van der Waals surface area contributed by atoms with Gasteiger partial charge in [0, 0.05) is 17.2 Å². The van der Waals surface area contributed by atoms with Crippen LogP contribution in [0.2, 0.25) is 5.02 Å². The van der Waals surface area contributed by atoms with Crippen molar-refractivity contribution in [2.75, 3.05) is 5.32 Å². The van der Waals surface area contributed by atoms with Crippen molar-refractivity contribution in [1.29, 1.82) is 0 Å². The molecule has 136 valence electrons. The van der Waals surface area contributed by atoms with Gasteiger partial charge in [0.15, 0.2) is 0 Å². The van der Waals surface area contributed by atoms with Gasteiger partial charge in [-0.2, -0.15) is 0 Å². The second-order valence-corrected chi connectivity index (χ2v) is 6.41. The number of anilines is 1. The normalized spacial score (nSPS) is 10.5. The maximum absolute atomic E-state index is 12.5. The standard InChI is InChI=1S/C18H18ClN3O4/c1-10(2)20-17(23)12-7-8-14(19)15(9-12)21-18(24)13-6-4-5-11(3)16(13)22(25)26/h4-10H,1-3H3,(H,20,23)(H,21,24). The summed E-state index contributed by atoms with van der Waals surface area (Å²) in [4.78, 5) is 35.3. The summed E-state index contributed by atoms with van der Waals surface area (Å²) >= 11 is 6.09. The molecule has 8 heteroatoms. The molecule has 0 bridgehead atoms. The number of nitro groups is 1. The van der Waals surface area contributed by atoms with E-state index in [4.69, 9.17) is 11.6 Å². The number of para-hydroxylation sites is 1. The topological polar surface area (TPSA) is 101 Å². The van der Waals surface area contributed by atoms with Crippen LogP contribution in [0.1, 0.15) is 40.1 Å². The predicted octanol–water partition coefficient (Wildman–Crippen LogP) is 3.95. The van der Waals surface area contributed by atoms with E-state index in [9.17, 15) is 19.7 Å². The van der Waals surface area contributed by atoms with Gasteiger partial charge in [0.05, 0.1) is 15.6 Å². The molecule has 0 saturated heterocycles. The number of nitro benzene ring substituents is 1. The zero-order valence-electron chi connectivity index (χ0n) is 14.5. The zero-order chi connectivity index (χ0) is 19.4. The number of amides is 2. The number of rotatable bonds is 5. The van der Waals surface area contributed by atoms with E-state index in [0.717, 1.165) is 0 Å². The maximum Gasteiger partial charge on any atom is 0.285 e. The molecule has 7 nitrogen and oxygen atoms in total. The minimum atomic E-state index is -0.677. The molecule has 0 radical (unpaired) electrons. The molecule has 0 unspecified atom stereocenters. The molecule has 0 heterocycles. The SMILES string of the molecule is Cc1cccc(C(=O)Nc2cc(C(=O)NC(C)C)ccc2Cl)c1[N+](=O)[O-]. The Labute approximate surface area is 155 Å². The van der Waals surface area contributed by atoms with E-state index < -0.39 is 10.8 Å². The first-order valence-corrected chi connectivity index (χ1v) is 8.24. The minimum Gasteiger partial charge on any atom is -0.350 e. The number of halogens is 1. The van der Waals surface area contributed by atoms with Crippen molar-refractivity contribution in [2.24, 2.45) is 0 Å². The van der Waals surface area contributed by atoms with Crippen LogP contribution in [0.5, 0.6) is 0 Å². The molecule has 0 aliphatic rings. The van der Waals surface area contributed by atoms with Crippen LogP contribution >= 0.6 is 11.6 Å². The Hall–Kier alpha value is -2.93. The number of nitrogens with zero attached hydrogens (tertiary/aromatic N) is 1. The van der Waals surface area contributed by atoms with Crippen LogP contribution in [0, 0.1) is 17.0 Å². The molecule has 0 atom stereocenters. The van der Waals surface area contributed by atoms with Gasteiger partial charge in [0.25, 0.3) is 17.5 Å². The Kier molecular flexibility index (Phi) is 5.94. The van der Waals surface area contributed by atoms with Crippen LogP contribution in [0.15, 0.2) is 36.4 Å². The average Bonchev–Trinajstić information content (AvgIpc) is 2.55. The van der Waals surface area contributed by atoms with Gasteiger partial charge in [-0.25, -0.2) is 0 Å². The fraction of sp³-hybridized carbons (Fsp3) is 0.222. The van der Waals surface area contributed by atoms with Crippen molar-refractivity contribution >= 4 is 34.8 Å². The quantitative estimate of drug-likeness (QED) is 0.610. The highest BCUT2D eigenvalue weighted by Crippen LogP contribution is 2.27. The molecule has 0 aliphatic carbocycles. The number of benzene rings is 2. The van der Waals surface area contributed by atoms with E-state index >= 15 is 0 Å². The van der Waals surface area contributed by atoms with Gasteiger partial charge in [-0.15, -0.1) is 0 Å². The lowest BCUT2D eigenvalue weighted by Crippen LogP contribution is -2.30. The Morgan fingerprint density at radius 2 is 1.85 bits per heavy atom. The highest BCUT2D eigenvalue weighted by molar-refractivity contribution is 6.34. The molecule has 0 spiro atoms. The molecule has 2 aromatic rings. The second-order valence-electron chi connectivity index (χ2n) is 6.01. The summed E-state index contributed by atoms with van der Waals surface area (Å²) in [6, 6.07) is 8.88. The highest BCUT2D eigenvalue weighted by Gasteiger charge is 2.23. The zero-order valence-corrected chi connectivity index (χ0v) is 15.3. The fourth-order valence-corrected chi connectivity index (χ4v) is 2.55. The third kappa shape index (κ3) is 4.37. The van der Waals surface area contributed by atoms with Crippen molar-refractivity contribution in [3.63, 3.8) is 0 Å². The first kappa shape index (κ1) is 19.4. The number of nitrogens with one attached hydrogen (secondary N) is 2. The minimum absolute atomic E-state index is 0.0498. The van der Waals surface area contributed by atoms with Crippen LogP contribution < -0.4 is 10.6 Å². The molecule has 2 amide bonds. The Bertz CT molecular complexity index is 881. The number of aryl methyl sites for hydroxylation is 1. The van der Waals surface area contributed by atoms with Gasteiger partial charge < -0.3 is 10.6 Å². The number of carbonyl (C=O) groups is 2. The average molecular weight is 376 g/mol. The van der Waals surface area contributed by atoms with E-state index in [-0.39, 0.29) is 33.9 Å². The van der Waals surface area contributed by atoms with Gasteiger partial charge in [-0.05, 0) is 45.0 Å². The highest BCUT2D eigenvalue weighted by atomic mass is 35.5. The fourth-order valence-electron chi connectivity index (χ4n) is 2.38. The first-order chi connectivity index (χ1) is 12.2. The molecule has 0 fully saturated rings. The molecule has 2 N–H and O–H groups in total. The molecule has 0 aromatic heterocycles. The Morgan fingerprint density at radius 1 is 1.15 bits per heavy atom. The largest absolute Gasteiger partial charge is 0.350 e. The van der Waals surface area contributed by atoms with Gasteiger partial charge >= 0.3 is 0 Å². The summed E-state index contributed by atoms with van der Waals surface area (Å²) in [5.41, 5.74) is 0.540. The molecule has 26 heavy (non-hydrogen) atoms. The van der Waals surface area contributed by atoms with E-state index in [0.29, 0.717) is 11.1 Å². The third-order valence-corrected chi connectivity index (χ3v) is 3.89. The maximum atomic E-state index is 12.5. The molecule has 2 aromatic carbocycles. The van der Waals surface area contributed by atoms with Crippen molar-refractivity contribution < 1.29 is 14.5 Å². The number of hydrogen-bond acceptors (Lipinski definition) is 4. The van der Waals surface area contributed by atoms with Crippen LogP contribution in [0.4, 0.5) is 11.4 Å². The Balaban J connectivity index is 2.34. The van der Waals surface area contributed by atoms with Gasteiger partial charge in [-0.3, -0.25) is 19.7 Å². The molecular weight excluding hydrogens is 358 g/mol. The monoisotopic (exact) mass is 375 g/mol. The number of carbonyl (C=O) groups excluding carboxylic acids is 2. The van der Waals surface area contributed by atoms with Crippen molar-refractivity contribution in [3.05, 3.63) is 68.2 Å². The third-order valence-electron chi connectivity index (χ3n) is 3.56. The summed E-state index contributed by atoms with van der Waals surface area (Å²) < 4.78 is 0. The summed E-state index contributed by atoms with van der Waals surface area (Å²) in [7, 11) is 0. The lowest BCUT2D eigenvalue weighted by atomic mass is 10.1. The molecule has 2 rings (SSSR count).